The van der Waals surface area contributed by atoms with Crippen LogP contribution in [-0.4, -0.2) is 37.1 Å². The Balaban J connectivity index is 1.85. The second-order valence-electron chi connectivity index (χ2n) is 7.26. The van der Waals surface area contributed by atoms with Gasteiger partial charge in [-0.25, -0.2) is 0 Å². The molecule has 0 aliphatic carbocycles. The summed E-state index contributed by atoms with van der Waals surface area (Å²) in [5, 5.41) is 14.4. The number of hydrogen-bond donors (Lipinski definition) is 1. The maximum atomic E-state index is 12.2. The van der Waals surface area contributed by atoms with E-state index >= 15 is 0 Å². The van der Waals surface area contributed by atoms with Crippen molar-refractivity contribution in [1.82, 2.24) is 5.32 Å². The van der Waals surface area contributed by atoms with Crippen LogP contribution in [-0.2, 0) is 0 Å². The van der Waals surface area contributed by atoms with E-state index in [0.29, 0.717) is 24.3 Å². The normalized spacial score (nSPS) is 16.3. The fraction of sp³-hybridized carbons (Fsp3) is 0.381. The first-order chi connectivity index (χ1) is 13.4. The highest BCUT2D eigenvalue weighted by atomic mass is 16.6. The van der Waals surface area contributed by atoms with Crippen molar-refractivity contribution in [3.05, 3.63) is 63.7 Å². The van der Waals surface area contributed by atoms with Crippen LogP contribution in [0.1, 0.15) is 42.1 Å². The lowest BCUT2D eigenvalue weighted by molar-refractivity contribution is -0.384. The molecule has 1 atom stereocenters. The second-order valence-corrected chi connectivity index (χ2v) is 7.26. The summed E-state index contributed by atoms with van der Waals surface area (Å²) in [4.78, 5) is 25.5. The van der Waals surface area contributed by atoms with E-state index in [1.165, 1.54) is 6.07 Å². The quantitative estimate of drug-likeness (QED) is 0.607. The van der Waals surface area contributed by atoms with Crippen LogP contribution in [0.5, 0.6) is 5.75 Å². The third-order valence-corrected chi connectivity index (χ3v) is 4.96. The minimum absolute atomic E-state index is 0.0357. The Morgan fingerprint density at radius 3 is 2.71 bits per heavy atom. The molecule has 2 aromatic carbocycles. The standard InChI is InChI=1S/C21H25N3O4/c1-14(2)22-21(25)15-8-9-18(19(12-15)24(26)27)23-11-10-16(13-23)17-6-4-5-7-20(17)28-3/h4-9,12,14,16H,10-11,13H2,1-3H3,(H,22,25). The maximum absolute atomic E-state index is 12.2. The summed E-state index contributed by atoms with van der Waals surface area (Å²) in [5.41, 5.74) is 1.91. The third-order valence-electron chi connectivity index (χ3n) is 4.96. The maximum Gasteiger partial charge on any atom is 0.293 e. The molecule has 0 spiro atoms. The molecule has 1 N–H and O–H groups in total. The van der Waals surface area contributed by atoms with Gasteiger partial charge in [0.05, 0.1) is 12.0 Å². The van der Waals surface area contributed by atoms with Crippen molar-refractivity contribution in [1.29, 1.82) is 0 Å². The lowest BCUT2D eigenvalue weighted by Crippen LogP contribution is -2.30. The van der Waals surface area contributed by atoms with Gasteiger partial charge < -0.3 is 15.0 Å². The first-order valence-corrected chi connectivity index (χ1v) is 9.38. The van der Waals surface area contributed by atoms with E-state index < -0.39 is 4.92 Å². The summed E-state index contributed by atoms with van der Waals surface area (Å²) in [5.74, 6) is 0.766. The van der Waals surface area contributed by atoms with Gasteiger partial charge in [0.1, 0.15) is 11.4 Å². The molecule has 148 valence electrons. The second kappa shape index (κ2) is 8.29. The van der Waals surface area contributed by atoms with Gasteiger partial charge in [-0.1, -0.05) is 18.2 Å². The van der Waals surface area contributed by atoms with Gasteiger partial charge in [-0.2, -0.15) is 0 Å². The van der Waals surface area contributed by atoms with Crippen molar-refractivity contribution in [2.75, 3.05) is 25.1 Å². The van der Waals surface area contributed by atoms with Crippen molar-refractivity contribution in [3.63, 3.8) is 0 Å². The Morgan fingerprint density at radius 1 is 1.29 bits per heavy atom. The summed E-state index contributed by atoms with van der Waals surface area (Å²) in [6.45, 7) is 5.08. The highest BCUT2D eigenvalue weighted by molar-refractivity contribution is 5.96. The molecular weight excluding hydrogens is 358 g/mol. The molecule has 7 heteroatoms. The molecule has 1 amide bonds. The molecule has 1 unspecified atom stereocenters. The molecule has 1 heterocycles. The van der Waals surface area contributed by atoms with Crippen LogP contribution in [0.4, 0.5) is 11.4 Å². The number of nitro groups is 1. The number of amides is 1. The average molecular weight is 383 g/mol. The van der Waals surface area contributed by atoms with Crippen LogP contribution in [0.25, 0.3) is 0 Å². The van der Waals surface area contributed by atoms with Crippen molar-refractivity contribution in [2.45, 2.75) is 32.2 Å². The van der Waals surface area contributed by atoms with Crippen molar-refractivity contribution < 1.29 is 14.5 Å². The van der Waals surface area contributed by atoms with Gasteiger partial charge in [0.25, 0.3) is 11.6 Å². The van der Waals surface area contributed by atoms with Gasteiger partial charge in [-0.15, -0.1) is 0 Å². The molecule has 0 bridgehead atoms. The van der Waals surface area contributed by atoms with Gasteiger partial charge in [-0.05, 0) is 44.0 Å². The molecule has 1 fully saturated rings. The van der Waals surface area contributed by atoms with Crippen LogP contribution >= 0.6 is 0 Å². The van der Waals surface area contributed by atoms with E-state index in [1.54, 1.807) is 19.2 Å². The van der Waals surface area contributed by atoms with Crippen LogP contribution in [0.3, 0.4) is 0 Å². The monoisotopic (exact) mass is 383 g/mol. The molecule has 1 saturated heterocycles. The van der Waals surface area contributed by atoms with Crippen LogP contribution in [0.2, 0.25) is 0 Å². The zero-order chi connectivity index (χ0) is 20.3. The Kier molecular flexibility index (Phi) is 5.82. The van der Waals surface area contributed by atoms with Crippen molar-refractivity contribution in [3.8, 4) is 5.75 Å². The minimum atomic E-state index is -0.419. The summed E-state index contributed by atoms with van der Waals surface area (Å²) >= 11 is 0. The molecule has 0 aromatic heterocycles. The number of carbonyl (C=O) groups is 1. The molecule has 1 aliphatic heterocycles. The van der Waals surface area contributed by atoms with Gasteiger partial charge in [0, 0.05) is 36.7 Å². The smallest absolute Gasteiger partial charge is 0.293 e. The SMILES string of the molecule is COc1ccccc1C1CCN(c2ccc(C(=O)NC(C)C)cc2[N+](=O)[O-])C1. The number of benzene rings is 2. The zero-order valence-electron chi connectivity index (χ0n) is 16.3. The predicted octanol–water partition coefficient (Wildman–Crippen LogP) is 3.74. The summed E-state index contributed by atoms with van der Waals surface area (Å²) in [7, 11) is 1.65. The molecule has 2 aromatic rings. The first kappa shape index (κ1) is 19.7. The van der Waals surface area contributed by atoms with Gasteiger partial charge in [-0.3, -0.25) is 14.9 Å². The van der Waals surface area contributed by atoms with Gasteiger partial charge in [0.15, 0.2) is 0 Å². The van der Waals surface area contributed by atoms with Crippen LogP contribution in [0.15, 0.2) is 42.5 Å². The summed E-state index contributed by atoms with van der Waals surface area (Å²) in [6.07, 6.45) is 0.882. The molecule has 0 saturated carbocycles. The molecular formula is C21H25N3O4. The summed E-state index contributed by atoms with van der Waals surface area (Å²) in [6, 6.07) is 12.5. The first-order valence-electron chi connectivity index (χ1n) is 9.38. The molecule has 28 heavy (non-hydrogen) atoms. The van der Waals surface area contributed by atoms with E-state index in [4.69, 9.17) is 4.74 Å². The zero-order valence-corrected chi connectivity index (χ0v) is 16.3. The van der Waals surface area contributed by atoms with Gasteiger partial charge in [0.2, 0.25) is 0 Å². The lowest BCUT2D eigenvalue weighted by atomic mass is 9.97. The number of rotatable bonds is 6. The molecule has 7 nitrogen and oxygen atoms in total. The number of nitrogens with zero attached hydrogens (tertiary/aromatic N) is 2. The number of ether oxygens (including phenoxy) is 1. The van der Waals surface area contributed by atoms with Crippen molar-refractivity contribution >= 4 is 17.3 Å². The Labute approximate surface area is 164 Å². The lowest BCUT2D eigenvalue weighted by Gasteiger charge is -2.20. The fourth-order valence-corrected chi connectivity index (χ4v) is 3.66. The van der Waals surface area contributed by atoms with Crippen LogP contribution < -0.4 is 15.0 Å². The van der Waals surface area contributed by atoms with Crippen molar-refractivity contribution in [2.24, 2.45) is 0 Å². The van der Waals surface area contributed by atoms with E-state index in [2.05, 4.69) is 5.32 Å². The van der Waals surface area contributed by atoms with E-state index in [-0.39, 0.29) is 23.6 Å². The summed E-state index contributed by atoms with van der Waals surface area (Å²) < 4.78 is 5.46. The largest absolute Gasteiger partial charge is 0.496 e. The average Bonchev–Trinajstić information content (AvgIpc) is 3.16. The number of methoxy groups -OCH3 is 1. The van der Waals surface area contributed by atoms with Crippen LogP contribution in [0, 0.1) is 10.1 Å². The predicted molar refractivity (Wildman–Crippen MR) is 108 cm³/mol. The number of nitro benzene ring substituents is 1. The van der Waals surface area contributed by atoms with E-state index in [1.807, 2.05) is 43.0 Å². The molecule has 1 aliphatic rings. The topological polar surface area (TPSA) is 84.7 Å². The Morgan fingerprint density at radius 2 is 2.04 bits per heavy atom. The Bertz CT molecular complexity index is 882. The highest BCUT2D eigenvalue weighted by Crippen LogP contribution is 2.38. The number of carbonyl (C=O) groups excluding carboxylic acids is 1. The number of anilines is 1. The number of hydrogen-bond acceptors (Lipinski definition) is 5. The third kappa shape index (κ3) is 4.08. The molecule has 3 rings (SSSR count). The fourth-order valence-electron chi connectivity index (χ4n) is 3.66. The highest BCUT2D eigenvalue weighted by Gasteiger charge is 2.30. The van der Waals surface area contributed by atoms with E-state index in [9.17, 15) is 14.9 Å². The van der Waals surface area contributed by atoms with Gasteiger partial charge >= 0.3 is 0 Å². The number of nitrogens with one attached hydrogen (secondary N) is 1. The minimum Gasteiger partial charge on any atom is -0.496 e. The number of para-hydroxylation sites is 1. The van der Waals surface area contributed by atoms with E-state index in [0.717, 1.165) is 17.7 Å². The molecule has 0 radical (unpaired) electrons. The Hall–Kier alpha value is -3.09.